The molecule has 0 spiro atoms. The van der Waals surface area contributed by atoms with E-state index >= 15 is 0 Å². The van der Waals surface area contributed by atoms with Crippen molar-refractivity contribution >= 4 is 0 Å². The Bertz CT molecular complexity index is 87.6. The molecule has 11 heavy (non-hydrogen) atoms. The minimum atomic E-state index is 0.819. The molecule has 0 aromatic carbocycles. The van der Waals surface area contributed by atoms with E-state index in [0.717, 1.165) is 6.61 Å². The predicted molar refractivity (Wildman–Crippen MR) is 45.4 cm³/mol. The summed E-state index contributed by atoms with van der Waals surface area (Å²) in [4.78, 5) is 0. The molecule has 3 nitrogen and oxygen atoms in total. The molecule has 0 aliphatic heterocycles. The molecular weight excluding hydrogens is 142 g/mol. The summed E-state index contributed by atoms with van der Waals surface area (Å²) in [6, 6.07) is 1.72. The molecule has 0 atom stereocenters. The van der Waals surface area contributed by atoms with Gasteiger partial charge in [-0.3, -0.25) is 0 Å². The Kier molecular flexibility index (Phi) is 18.7. The van der Waals surface area contributed by atoms with E-state index in [4.69, 9.17) is 0 Å². The Morgan fingerprint density at radius 3 is 2.09 bits per heavy atom. The number of aromatic nitrogens is 1. The first-order chi connectivity index (χ1) is 5.41. The third-order valence-electron chi connectivity index (χ3n) is 0.636. The molecule has 0 fully saturated rings. The van der Waals surface area contributed by atoms with Crippen molar-refractivity contribution in [2.24, 2.45) is 0 Å². The van der Waals surface area contributed by atoms with Gasteiger partial charge in [0.1, 0.15) is 6.26 Å². The van der Waals surface area contributed by atoms with Gasteiger partial charge in [-0.15, -0.1) is 0 Å². The van der Waals surface area contributed by atoms with Gasteiger partial charge >= 0.3 is 0 Å². The van der Waals surface area contributed by atoms with Crippen molar-refractivity contribution in [1.29, 1.82) is 0 Å². The van der Waals surface area contributed by atoms with Crippen LogP contribution in [0.2, 0.25) is 0 Å². The van der Waals surface area contributed by atoms with Crippen LogP contribution in [0.15, 0.2) is 23.0 Å². The van der Waals surface area contributed by atoms with Crippen LogP contribution in [0.1, 0.15) is 20.8 Å². The number of methoxy groups -OCH3 is 1. The first kappa shape index (κ1) is 12.8. The summed E-state index contributed by atoms with van der Waals surface area (Å²) in [5.74, 6) is 0. The van der Waals surface area contributed by atoms with Crippen LogP contribution < -0.4 is 0 Å². The highest BCUT2D eigenvalue weighted by Gasteiger charge is 1.60. The fourth-order valence-electron chi connectivity index (χ4n) is 0.176. The van der Waals surface area contributed by atoms with E-state index in [1.54, 1.807) is 19.4 Å². The van der Waals surface area contributed by atoms with E-state index in [0.29, 0.717) is 0 Å². The summed E-state index contributed by atoms with van der Waals surface area (Å²) in [6.07, 6.45) is 3.10. The molecular formula is C8H17NO2. The quantitative estimate of drug-likeness (QED) is 0.631. The molecule has 0 aliphatic rings. The van der Waals surface area contributed by atoms with Gasteiger partial charge < -0.3 is 9.26 Å². The minimum absolute atomic E-state index is 0.819. The van der Waals surface area contributed by atoms with Crippen LogP contribution in [0.4, 0.5) is 0 Å². The summed E-state index contributed by atoms with van der Waals surface area (Å²) >= 11 is 0. The van der Waals surface area contributed by atoms with Crippen molar-refractivity contribution in [2.45, 2.75) is 20.8 Å². The summed E-state index contributed by atoms with van der Waals surface area (Å²) in [5.41, 5.74) is 0. The van der Waals surface area contributed by atoms with Crippen LogP contribution in [0.3, 0.4) is 0 Å². The highest BCUT2D eigenvalue weighted by atomic mass is 16.5. The molecule has 0 bridgehead atoms. The summed E-state index contributed by atoms with van der Waals surface area (Å²) in [5, 5.41) is 3.35. The smallest absolute Gasteiger partial charge is 0.123 e. The van der Waals surface area contributed by atoms with Gasteiger partial charge in [-0.25, -0.2) is 0 Å². The second-order valence-corrected chi connectivity index (χ2v) is 1.27. The van der Waals surface area contributed by atoms with Gasteiger partial charge in [-0.1, -0.05) is 19.0 Å². The summed E-state index contributed by atoms with van der Waals surface area (Å²) in [6.45, 7) is 6.78. The van der Waals surface area contributed by atoms with E-state index in [1.165, 1.54) is 6.26 Å². The van der Waals surface area contributed by atoms with Gasteiger partial charge in [0.2, 0.25) is 0 Å². The maximum atomic E-state index is 4.54. The standard InChI is InChI=1S/C3H3NO.C3H8O.C2H6/c1-2-4-5-3-1;1-3-4-2;1-2/h1-3H;3H2,1-2H3;1-2H3. The van der Waals surface area contributed by atoms with Crippen molar-refractivity contribution < 1.29 is 9.26 Å². The van der Waals surface area contributed by atoms with E-state index in [1.807, 2.05) is 20.8 Å². The maximum absolute atomic E-state index is 4.54. The SMILES string of the molecule is CC.CCOC.c1cnoc1. The second-order valence-electron chi connectivity index (χ2n) is 1.27. The Morgan fingerprint density at radius 1 is 1.45 bits per heavy atom. The topological polar surface area (TPSA) is 35.3 Å². The average molecular weight is 159 g/mol. The molecule has 0 radical (unpaired) electrons. The van der Waals surface area contributed by atoms with Gasteiger partial charge in [0.25, 0.3) is 0 Å². The molecule has 1 aromatic rings. The Hall–Kier alpha value is -0.830. The summed E-state index contributed by atoms with van der Waals surface area (Å²) in [7, 11) is 1.68. The zero-order chi connectivity index (χ0) is 8.95. The molecule has 0 N–H and O–H groups in total. The largest absolute Gasteiger partial charge is 0.385 e. The second kappa shape index (κ2) is 16.1. The normalized spacial score (nSPS) is 6.91. The first-order valence-electron chi connectivity index (χ1n) is 3.75. The highest BCUT2D eigenvalue weighted by molar-refractivity contribution is 4.67. The lowest BCUT2D eigenvalue weighted by molar-refractivity contribution is 0.215. The van der Waals surface area contributed by atoms with Gasteiger partial charge in [-0.2, -0.15) is 0 Å². The molecule has 1 heterocycles. The zero-order valence-corrected chi connectivity index (χ0v) is 7.70. The zero-order valence-electron chi connectivity index (χ0n) is 7.70. The lowest BCUT2D eigenvalue weighted by Gasteiger charge is -1.76. The van der Waals surface area contributed by atoms with Crippen LogP contribution in [0.5, 0.6) is 0 Å². The first-order valence-corrected chi connectivity index (χ1v) is 3.75. The van der Waals surface area contributed by atoms with Crippen molar-refractivity contribution in [3.63, 3.8) is 0 Å². The van der Waals surface area contributed by atoms with Crippen LogP contribution in [-0.2, 0) is 4.74 Å². The monoisotopic (exact) mass is 159 g/mol. The molecule has 0 aliphatic carbocycles. The predicted octanol–water partition coefficient (Wildman–Crippen LogP) is 2.35. The molecule has 0 amide bonds. The van der Waals surface area contributed by atoms with Gasteiger partial charge in [0.15, 0.2) is 0 Å². The number of ether oxygens (including phenoxy) is 1. The van der Waals surface area contributed by atoms with Crippen molar-refractivity contribution in [3.8, 4) is 0 Å². The van der Waals surface area contributed by atoms with Crippen molar-refractivity contribution in [3.05, 3.63) is 18.5 Å². The Labute approximate surface area is 68.3 Å². The lowest BCUT2D eigenvalue weighted by atomic mass is 10.8. The number of rotatable bonds is 1. The third kappa shape index (κ3) is 17.6. The lowest BCUT2D eigenvalue weighted by Crippen LogP contribution is -1.73. The van der Waals surface area contributed by atoms with Gasteiger partial charge in [-0.05, 0) is 13.0 Å². The molecule has 1 rings (SSSR count). The van der Waals surface area contributed by atoms with E-state index in [2.05, 4.69) is 14.4 Å². The molecule has 0 saturated heterocycles. The molecule has 1 aromatic heterocycles. The van der Waals surface area contributed by atoms with Crippen molar-refractivity contribution in [1.82, 2.24) is 5.16 Å². The van der Waals surface area contributed by atoms with Gasteiger partial charge in [0, 0.05) is 13.7 Å². The fraction of sp³-hybridized carbons (Fsp3) is 0.625. The van der Waals surface area contributed by atoms with Crippen LogP contribution >= 0.6 is 0 Å². The van der Waals surface area contributed by atoms with Crippen LogP contribution in [0.25, 0.3) is 0 Å². The summed E-state index contributed by atoms with van der Waals surface area (Å²) < 4.78 is 8.88. The number of hydrogen-bond acceptors (Lipinski definition) is 3. The molecule has 66 valence electrons. The molecule has 3 heteroatoms. The molecule has 0 unspecified atom stereocenters. The number of hydrogen-bond donors (Lipinski definition) is 0. The van der Waals surface area contributed by atoms with E-state index < -0.39 is 0 Å². The highest BCUT2D eigenvalue weighted by Crippen LogP contribution is 1.72. The molecule has 0 saturated carbocycles. The fourth-order valence-corrected chi connectivity index (χ4v) is 0.176. The van der Waals surface area contributed by atoms with Crippen LogP contribution in [0, 0.1) is 0 Å². The Morgan fingerprint density at radius 2 is 2.00 bits per heavy atom. The third-order valence-corrected chi connectivity index (χ3v) is 0.636. The maximum Gasteiger partial charge on any atom is 0.123 e. The number of nitrogens with zero attached hydrogens (tertiary/aromatic N) is 1. The van der Waals surface area contributed by atoms with Crippen molar-refractivity contribution in [2.75, 3.05) is 13.7 Å². The van der Waals surface area contributed by atoms with Gasteiger partial charge in [0.05, 0.1) is 6.20 Å². The Balaban J connectivity index is 0. The van der Waals surface area contributed by atoms with Crippen LogP contribution in [-0.4, -0.2) is 18.9 Å². The van der Waals surface area contributed by atoms with E-state index in [-0.39, 0.29) is 0 Å². The van der Waals surface area contributed by atoms with E-state index in [9.17, 15) is 0 Å². The minimum Gasteiger partial charge on any atom is -0.385 e. The average Bonchev–Trinajstić information content (AvgIpc) is 2.65.